The molecule has 0 unspecified atom stereocenters. The lowest BCUT2D eigenvalue weighted by Crippen LogP contribution is -2.44. The van der Waals surface area contributed by atoms with Crippen molar-refractivity contribution in [1.82, 2.24) is 9.88 Å². The Morgan fingerprint density at radius 3 is 2.54 bits per heavy atom. The maximum Gasteiger partial charge on any atom is 0.274 e. The van der Waals surface area contributed by atoms with Gasteiger partial charge >= 0.3 is 0 Å². The minimum atomic E-state index is -0.236. The fourth-order valence-electron chi connectivity index (χ4n) is 2.64. The number of nitrogens with one attached hydrogen (secondary N) is 1. The minimum Gasteiger partial charge on any atom is -0.368 e. The van der Waals surface area contributed by atoms with Gasteiger partial charge in [0.1, 0.15) is 5.69 Å². The Balaban J connectivity index is 1.66. The monoisotopic (exact) mass is 344 g/mol. The average Bonchev–Trinajstić information content (AvgIpc) is 2.59. The number of rotatable bonds is 3. The van der Waals surface area contributed by atoms with Crippen molar-refractivity contribution >= 4 is 28.9 Å². The average molecular weight is 345 g/mol. The molecule has 24 heavy (non-hydrogen) atoms. The Morgan fingerprint density at radius 2 is 1.92 bits per heavy atom. The molecule has 1 aromatic heterocycles. The van der Waals surface area contributed by atoms with E-state index in [0.29, 0.717) is 16.4 Å². The van der Waals surface area contributed by atoms with Gasteiger partial charge in [-0.25, -0.2) is 4.98 Å². The summed E-state index contributed by atoms with van der Waals surface area (Å²) in [5.41, 5.74) is 3.09. The predicted octanol–water partition coefficient (Wildman–Crippen LogP) is 3.05. The van der Waals surface area contributed by atoms with Crippen molar-refractivity contribution in [1.29, 1.82) is 0 Å². The van der Waals surface area contributed by atoms with Gasteiger partial charge in [-0.15, -0.1) is 0 Å². The van der Waals surface area contributed by atoms with Gasteiger partial charge in [0.15, 0.2) is 0 Å². The number of aromatic nitrogens is 1. The van der Waals surface area contributed by atoms with E-state index in [9.17, 15) is 4.79 Å². The van der Waals surface area contributed by atoms with Gasteiger partial charge < -0.3 is 15.1 Å². The number of nitrogens with zero attached hydrogens (tertiary/aromatic N) is 3. The van der Waals surface area contributed by atoms with Gasteiger partial charge in [-0.05, 0) is 43.8 Å². The van der Waals surface area contributed by atoms with Crippen LogP contribution in [0.2, 0.25) is 5.02 Å². The third-order valence-electron chi connectivity index (χ3n) is 4.28. The van der Waals surface area contributed by atoms with E-state index in [2.05, 4.69) is 27.1 Å². The van der Waals surface area contributed by atoms with Gasteiger partial charge in [-0.2, -0.15) is 0 Å². The first-order valence-electron chi connectivity index (χ1n) is 8.00. The summed E-state index contributed by atoms with van der Waals surface area (Å²) in [4.78, 5) is 21.2. The highest BCUT2D eigenvalue weighted by Crippen LogP contribution is 2.21. The lowest BCUT2D eigenvalue weighted by atomic mass is 10.2. The Hall–Kier alpha value is -2.11. The molecular formula is C18H21ClN4O. The highest BCUT2D eigenvalue weighted by Gasteiger charge is 2.15. The zero-order chi connectivity index (χ0) is 17.1. The van der Waals surface area contributed by atoms with Crippen LogP contribution in [0.4, 0.5) is 11.4 Å². The molecule has 1 saturated heterocycles. The molecular weight excluding hydrogens is 324 g/mol. The molecule has 0 atom stereocenters. The number of carbonyl (C=O) groups excluding carboxylic acids is 1. The van der Waals surface area contributed by atoms with Crippen LogP contribution in [0, 0.1) is 6.92 Å². The number of benzene rings is 1. The van der Waals surface area contributed by atoms with E-state index < -0.39 is 0 Å². The molecule has 2 aromatic rings. The van der Waals surface area contributed by atoms with Crippen molar-refractivity contribution < 1.29 is 4.79 Å². The predicted molar refractivity (Wildman–Crippen MR) is 98.1 cm³/mol. The van der Waals surface area contributed by atoms with E-state index in [1.54, 1.807) is 18.3 Å². The van der Waals surface area contributed by atoms with Crippen molar-refractivity contribution in [2.24, 2.45) is 0 Å². The fourth-order valence-corrected chi connectivity index (χ4v) is 2.82. The summed E-state index contributed by atoms with van der Waals surface area (Å²) in [6.45, 7) is 5.95. The van der Waals surface area contributed by atoms with E-state index >= 15 is 0 Å². The van der Waals surface area contributed by atoms with Crippen molar-refractivity contribution in [2.75, 3.05) is 43.4 Å². The molecule has 0 saturated carbocycles. The molecule has 1 aromatic carbocycles. The number of carbonyl (C=O) groups is 1. The van der Waals surface area contributed by atoms with Crippen molar-refractivity contribution in [3.05, 3.63) is 52.8 Å². The van der Waals surface area contributed by atoms with Crippen LogP contribution < -0.4 is 10.2 Å². The number of likely N-dealkylation sites (N-methyl/N-ethyl adjacent to an activating group) is 1. The lowest BCUT2D eigenvalue weighted by molar-refractivity contribution is 0.102. The van der Waals surface area contributed by atoms with E-state index in [4.69, 9.17) is 11.6 Å². The Labute approximate surface area is 147 Å². The summed E-state index contributed by atoms with van der Waals surface area (Å²) < 4.78 is 0. The number of halogens is 1. The van der Waals surface area contributed by atoms with Crippen molar-refractivity contribution in [2.45, 2.75) is 6.92 Å². The Morgan fingerprint density at radius 1 is 1.17 bits per heavy atom. The number of anilines is 2. The molecule has 1 aliphatic heterocycles. The minimum absolute atomic E-state index is 0.236. The third kappa shape index (κ3) is 3.86. The van der Waals surface area contributed by atoms with Crippen LogP contribution in [0.5, 0.6) is 0 Å². The van der Waals surface area contributed by atoms with Crippen LogP contribution in [-0.4, -0.2) is 49.0 Å². The van der Waals surface area contributed by atoms with Gasteiger partial charge in [0.25, 0.3) is 5.91 Å². The molecule has 0 spiro atoms. The van der Waals surface area contributed by atoms with Crippen LogP contribution >= 0.6 is 11.6 Å². The van der Waals surface area contributed by atoms with Crippen LogP contribution in [-0.2, 0) is 0 Å². The quantitative estimate of drug-likeness (QED) is 0.929. The Kier molecular flexibility index (Phi) is 5.02. The summed E-state index contributed by atoms with van der Waals surface area (Å²) in [7, 11) is 2.13. The maximum absolute atomic E-state index is 12.3. The molecule has 0 radical (unpaired) electrons. The first-order chi connectivity index (χ1) is 11.5. The van der Waals surface area contributed by atoms with E-state index in [0.717, 1.165) is 37.4 Å². The number of piperazine rings is 1. The van der Waals surface area contributed by atoms with E-state index in [1.807, 2.05) is 25.1 Å². The van der Waals surface area contributed by atoms with Crippen LogP contribution in [0.15, 0.2) is 36.5 Å². The number of pyridine rings is 1. The van der Waals surface area contributed by atoms with Gasteiger partial charge in [-0.3, -0.25) is 4.79 Å². The van der Waals surface area contributed by atoms with Crippen LogP contribution in [0.1, 0.15) is 16.1 Å². The maximum atomic E-state index is 12.3. The molecule has 126 valence electrons. The molecule has 1 N–H and O–H groups in total. The number of amides is 1. The second kappa shape index (κ2) is 7.20. The summed E-state index contributed by atoms with van der Waals surface area (Å²) in [6.07, 6.45) is 1.77. The first kappa shape index (κ1) is 16.7. The smallest absolute Gasteiger partial charge is 0.274 e. The summed E-state index contributed by atoms with van der Waals surface area (Å²) in [5, 5.41) is 3.46. The molecule has 1 amide bonds. The largest absolute Gasteiger partial charge is 0.368 e. The van der Waals surface area contributed by atoms with Gasteiger partial charge in [-0.1, -0.05) is 17.7 Å². The van der Waals surface area contributed by atoms with Crippen molar-refractivity contribution in [3.8, 4) is 0 Å². The summed E-state index contributed by atoms with van der Waals surface area (Å²) in [5.74, 6) is -0.236. The highest BCUT2D eigenvalue weighted by atomic mass is 35.5. The second-order valence-electron chi connectivity index (χ2n) is 6.11. The Bertz CT molecular complexity index is 724. The van der Waals surface area contributed by atoms with E-state index in [1.165, 1.54) is 0 Å². The number of hydrogen-bond donors (Lipinski definition) is 1. The molecule has 5 nitrogen and oxygen atoms in total. The van der Waals surface area contributed by atoms with Crippen LogP contribution in [0.3, 0.4) is 0 Å². The molecule has 6 heteroatoms. The van der Waals surface area contributed by atoms with E-state index in [-0.39, 0.29) is 5.91 Å². The topological polar surface area (TPSA) is 48.5 Å². The van der Waals surface area contributed by atoms with Crippen molar-refractivity contribution in [3.63, 3.8) is 0 Å². The normalized spacial score (nSPS) is 15.4. The lowest BCUT2D eigenvalue weighted by Gasteiger charge is -2.33. The standard InChI is InChI=1S/C18H21ClN4O/c1-13-3-4-14(11-16(13)19)21-18(24)17-6-5-15(12-20-17)23-9-7-22(2)8-10-23/h3-6,11-12H,7-10H2,1-2H3,(H,21,24). The molecule has 1 fully saturated rings. The first-order valence-corrected chi connectivity index (χ1v) is 8.38. The molecule has 1 aliphatic rings. The van der Waals surface area contributed by atoms with Crippen LogP contribution in [0.25, 0.3) is 0 Å². The van der Waals surface area contributed by atoms with Gasteiger partial charge in [0.05, 0.1) is 11.9 Å². The summed E-state index contributed by atoms with van der Waals surface area (Å²) in [6, 6.07) is 9.17. The number of hydrogen-bond acceptors (Lipinski definition) is 4. The fraction of sp³-hybridized carbons (Fsp3) is 0.333. The van der Waals surface area contributed by atoms with Gasteiger partial charge in [0.2, 0.25) is 0 Å². The SMILES string of the molecule is Cc1ccc(NC(=O)c2ccc(N3CCN(C)CC3)cn2)cc1Cl. The third-order valence-corrected chi connectivity index (χ3v) is 4.69. The highest BCUT2D eigenvalue weighted by molar-refractivity contribution is 6.31. The second-order valence-corrected chi connectivity index (χ2v) is 6.52. The molecule has 0 bridgehead atoms. The number of aryl methyl sites for hydroxylation is 1. The zero-order valence-electron chi connectivity index (χ0n) is 13.9. The molecule has 2 heterocycles. The summed E-state index contributed by atoms with van der Waals surface area (Å²) >= 11 is 6.08. The zero-order valence-corrected chi connectivity index (χ0v) is 14.7. The van der Waals surface area contributed by atoms with Gasteiger partial charge in [0, 0.05) is 36.9 Å². The molecule has 3 rings (SSSR count). The molecule has 0 aliphatic carbocycles.